The van der Waals surface area contributed by atoms with E-state index < -0.39 is 15.9 Å². The van der Waals surface area contributed by atoms with Crippen molar-refractivity contribution in [2.45, 2.75) is 4.90 Å². The molecular formula is C11H11N3O4S. The van der Waals surface area contributed by atoms with E-state index in [0.717, 1.165) is 4.31 Å². The summed E-state index contributed by atoms with van der Waals surface area (Å²) < 4.78 is 30.1. The van der Waals surface area contributed by atoms with Crippen LogP contribution in [0.2, 0.25) is 0 Å². The Morgan fingerprint density at radius 1 is 1.26 bits per heavy atom. The van der Waals surface area contributed by atoms with Crippen LogP contribution in [0.15, 0.2) is 46.0 Å². The van der Waals surface area contributed by atoms with Crippen LogP contribution in [0.25, 0.3) is 0 Å². The van der Waals surface area contributed by atoms with E-state index in [4.69, 9.17) is 5.73 Å². The number of rotatable bonds is 4. The fourth-order valence-electron chi connectivity index (χ4n) is 1.44. The van der Waals surface area contributed by atoms with Crippen molar-refractivity contribution in [1.82, 2.24) is 5.16 Å². The summed E-state index contributed by atoms with van der Waals surface area (Å²) in [7, 11) is -2.39. The highest BCUT2D eigenvalue weighted by Crippen LogP contribution is 2.20. The monoisotopic (exact) mass is 281 g/mol. The van der Waals surface area contributed by atoms with Crippen molar-refractivity contribution in [3.8, 4) is 0 Å². The number of amides is 1. The molecule has 0 aliphatic carbocycles. The molecule has 2 rings (SSSR count). The molecule has 0 unspecified atom stereocenters. The van der Waals surface area contributed by atoms with Gasteiger partial charge < -0.3 is 10.3 Å². The molecule has 0 aliphatic heterocycles. The van der Waals surface area contributed by atoms with E-state index in [2.05, 4.69) is 9.68 Å². The van der Waals surface area contributed by atoms with Gasteiger partial charge in [0, 0.05) is 18.7 Å². The highest BCUT2D eigenvalue weighted by atomic mass is 32.2. The molecule has 1 amide bonds. The van der Waals surface area contributed by atoms with Crippen LogP contribution in [0.5, 0.6) is 0 Å². The molecule has 8 heteroatoms. The number of benzene rings is 1. The van der Waals surface area contributed by atoms with Gasteiger partial charge in [0.2, 0.25) is 5.91 Å². The minimum atomic E-state index is -3.75. The number of sulfonamides is 1. The van der Waals surface area contributed by atoms with Crippen LogP contribution in [0, 0.1) is 0 Å². The molecule has 0 spiro atoms. The average molecular weight is 281 g/mol. The molecule has 1 heterocycles. The molecule has 19 heavy (non-hydrogen) atoms. The lowest BCUT2D eigenvalue weighted by Gasteiger charge is -2.15. The van der Waals surface area contributed by atoms with E-state index in [9.17, 15) is 13.2 Å². The van der Waals surface area contributed by atoms with Crippen molar-refractivity contribution in [2.24, 2.45) is 5.73 Å². The second-order valence-electron chi connectivity index (χ2n) is 3.72. The van der Waals surface area contributed by atoms with E-state index in [-0.39, 0.29) is 16.3 Å². The largest absolute Gasteiger partial charge is 0.366 e. The van der Waals surface area contributed by atoms with Gasteiger partial charge in [0.1, 0.15) is 6.26 Å². The molecular weight excluding hydrogens is 270 g/mol. The maximum atomic E-state index is 12.2. The number of carbonyl (C=O) groups excluding carboxylic acids is 1. The summed E-state index contributed by atoms with van der Waals surface area (Å²) in [6, 6.07) is 6.76. The van der Waals surface area contributed by atoms with Crippen molar-refractivity contribution in [3.05, 3.63) is 42.2 Å². The summed E-state index contributed by atoms with van der Waals surface area (Å²) >= 11 is 0. The third-order valence-corrected chi connectivity index (χ3v) is 4.32. The van der Waals surface area contributed by atoms with Gasteiger partial charge in [0.15, 0.2) is 5.82 Å². The van der Waals surface area contributed by atoms with Crippen LogP contribution < -0.4 is 10.0 Å². The van der Waals surface area contributed by atoms with Gasteiger partial charge in [-0.3, -0.25) is 9.10 Å². The number of primary amides is 1. The summed E-state index contributed by atoms with van der Waals surface area (Å²) in [4.78, 5) is 11.0. The van der Waals surface area contributed by atoms with Crippen molar-refractivity contribution < 1.29 is 17.7 Å². The van der Waals surface area contributed by atoms with Gasteiger partial charge in [-0.1, -0.05) is 5.16 Å². The first-order valence-electron chi connectivity index (χ1n) is 5.22. The number of nitrogens with two attached hydrogens (primary N) is 1. The van der Waals surface area contributed by atoms with E-state index in [1.165, 1.54) is 43.6 Å². The molecule has 2 aromatic rings. The number of hydrogen-bond donors (Lipinski definition) is 1. The molecule has 1 aromatic carbocycles. The van der Waals surface area contributed by atoms with E-state index >= 15 is 0 Å². The minimum absolute atomic E-state index is 0.0306. The zero-order valence-electron chi connectivity index (χ0n) is 9.98. The molecule has 0 saturated heterocycles. The van der Waals surface area contributed by atoms with Crippen molar-refractivity contribution in [2.75, 3.05) is 11.4 Å². The SMILES string of the molecule is CN(c1ccon1)S(=O)(=O)c1ccc(C(N)=O)cc1. The molecule has 2 N–H and O–H groups in total. The molecule has 0 bridgehead atoms. The van der Waals surface area contributed by atoms with E-state index in [1.54, 1.807) is 0 Å². The van der Waals surface area contributed by atoms with Crippen molar-refractivity contribution >= 4 is 21.7 Å². The Bertz CT molecular complexity index is 677. The van der Waals surface area contributed by atoms with E-state index in [1.807, 2.05) is 0 Å². The number of hydrogen-bond acceptors (Lipinski definition) is 5. The van der Waals surface area contributed by atoms with Gasteiger partial charge in [0.25, 0.3) is 10.0 Å². The van der Waals surface area contributed by atoms with Crippen LogP contribution >= 0.6 is 0 Å². The number of aromatic nitrogens is 1. The Labute approximate surface area is 109 Å². The lowest BCUT2D eigenvalue weighted by Crippen LogP contribution is -2.26. The molecule has 0 fully saturated rings. The maximum absolute atomic E-state index is 12.2. The highest BCUT2D eigenvalue weighted by Gasteiger charge is 2.23. The molecule has 1 aromatic heterocycles. The lowest BCUT2D eigenvalue weighted by molar-refractivity contribution is 0.1000. The second-order valence-corrected chi connectivity index (χ2v) is 5.69. The summed E-state index contributed by atoms with van der Waals surface area (Å²) in [5, 5.41) is 3.55. The predicted molar refractivity (Wildman–Crippen MR) is 67.1 cm³/mol. The van der Waals surface area contributed by atoms with Gasteiger partial charge in [-0.2, -0.15) is 0 Å². The highest BCUT2D eigenvalue weighted by molar-refractivity contribution is 7.92. The Morgan fingerprint density at radius 2 is 1.89 bits per heavy atom. The summed E-state index contributed by atoms with van der Waals surface area (Å²) in [5.41, 5.74) is 5.33. The van der Waals surface area contributed by atoms with E-state index in [0.29, 0.717) is 0 Å². The first kappa shape index (κ1) is 13.1. The Balaban J connectivity index is 2.37. The molecule has 0 radical (unpaired) electrons. The predicted octanol–water partition coefficient (Wildman–Crippen LogP) is 0.599. The average Bonchev–Trinajstić information content (AvgIpc) is 2.91. The van der Waals surface area contributed by atoms with Crippen LogP contribution in [-0.2, 0) is 10.0 Å². The summed E-state index contributed by atoms with van der Waals surface area (Å²) in [6.45, 7) is 0. The van der Waals surface area contributed by atoms with Gasteiger partial charge >= 0.3 is 0 Å². The fraction of sp³-hybridized carbons (Fsp3) is 0.0909. The Hall–Kier alpha value is -2.35. The number of anilines is 1. The molecule has 0 atom stereocenters. The van der Waals surface area contributed by atoms with Gasteiger partial charge in [0.05, 0.1) is 4.90 Å². The zero-order chi connectivity index (χ0) is 14.0. The van der Waals surface area contributed by atoms with Crippen LogP contribution in [0.4, 0.5) is 5.82 Å². The quantitative estimate of drug-likeness (QED) is 0.883. The maximum Gasteiger partial charge on any atom is 0.265 e. The number of nitrogens with zero attached hydrogens (tertiary/aromatic N) is 2. The molecule has 0 saturated carbocycles. The smallest absolute Gasteiger partial charge is 0.265 e. The van der Waals surface area contributed by atoms with Crippen LogP contribution in [0.1, 0.15) is 10.4 Å². The third kappa shape index (κ3) is 2.43. The Morgan fingerprint density at radius 3 is 2.37 bits per heavy atom. The van der Waals surface area contributed by atoms with Crippen molar-refractivity contribution in [3.63, 3.8) is 0 Å². The molecule has 0 aliphatic rings. The second kappa shape index (κ2) is 4.73. The molecule has 100 valence electrons. The van der Waals surface area contributed by atoms with Crippen LogP contribution in [-0.4, -0.2) is 26.5 Å². The summed E-state index contributed by atoms with van der Waals surface area (Å²) in [5.74, 6) is -0.451. The number of carbonyl (C=O) groups is 1. The van der Waals surface area contributed by atoms with Crippen LogP contribution in [0.3, 0.4) is 0 Å². The lowest BCUT2D eigenvalue weighted by atomic mass is 10.2. The van der Waals surface area contributed by atoms with Gasteiger partial charge in [-0.15, -0.1) is 0 Å². The standard InChI is InChI=1S/C11H11N3O4S/c1-14(10-6-7-18-13-10)19(16,17)9-4-2-8(3-5-9)11(12)15/h2-7H,1H3,(H2,12,15). The topological polar surface area (TPSA) is 106 Å². The Kier molecular flexibility index (Phi) is 3.26. The first-order valence-corrected chi connectivity index (χ1v) is 6.66. The zero-order valence-corrected chi connectivity index (χ0v) is 10.8. The summed E-state index contributed by atoms with van der Waals surface area (Å²) in [6.07, 6.45) is 1.28. The normalized spacial score (nSPS) is 11.2. The van der Waals surface area contributed by atoms with Crippen molar-refractivity contribution in [1.29, 1.82) is 0 Å². The third-order valence-electron chi connectivity index (χ3n) is 2.54. The minimum Gasteiger partial charge on any atom is -0.366 e. The van der Waals surface area contributed by atoms with Gasteiger partial charge in [-0.25, -0.2) is 8.42 Å². The van der Waals surface area contributed by atoms with Gasteiger partial charge in [-0.05, 0) is 24.3 Å². The fourth-order valence-corrected chi connectivity index (χ4v) is 2.58. The molecule has 7 nitrogen and oxygen atoms in total. The first-order chi connectivity index (χ1) is 8.93.